The molecule has 0 radical (unpaired) electrons. The van der Waals surface area contributed by atoms with Crippen LogP contribution in [0.5, 0.6) is 0 Å². The van der Waals surface area contributed by atoms with Crippen LogP contribution < -0.4 is 5.73 Å². The first-order valence-corrected chi connectivity index (χ1v) is 8.92. The number of nitrogen functional groups attached to an aromatic ring is 1. The molecule has 1 aliphatic rings. The smallest absolute Gasteiger partial charge is 0.248 e. The van der Waals surface area contributed by atoms with E-state index in [0.29, 0.717) is 12.1 Å². The molecule has 4 heteroatoms. The van der Waals surface area contributed by atoms with Crippen molar-refractivity contribution in [2.24, 2.45) is 10.5 Å². The number of anilines is 1. The summed E-state index contributed by atoms with van der Waals surface area (Å²) in [4.78, 5) is 13.0. The van der Waals surface area contributed by atoms with Crippen LogP contribution in [-0.4, -0.2) is 22.7 Å². The van der Waals surface area contributed by atoms with Gasteiger partial charge in [0.1, 0.15) is 0 Å². The van der Waals surface area contributed by atoms with Crippen LogP contribution in [0.2, 0.25) is 0 Å². The van der Waals surface area contributed by atoms with Crippen molar-refractivity contribution in [3.8, 4) is 0 Å². The molecule has 0 saturated heterocycles. The van der Waals surface area contributed by atoms with Crippen molar-refractivity contribution in [1.29, 1.82) is 0 Å². The maximum atomic E-state index is 13.0. The van der Waals surface area contributed by atoms with Gasteiger partial charge >= 0.3 is 0 Å². The van der Waals surface area contributed by atoms with Crippen molar-refractivity contribution in [3.63, 3.8) is 0 Å². The summed E-state index contributed by atoms with van der Waals surface area (Å²) < 4.78 is 0. The summed E-state index contributed by atoms with van der Waals surface area (Å²) in [5.74, 6) is 0.0127. The van der Waals surface area contributed by atoms with Crippen LogP contribution in [0.25, 0.3) is 0 Å². The minimum Gasteiger partial charge on any atom is -0.399 e. The van der Waals surface area contributed by atoms with E-state index in [9.17, 15) is 4.79 Å². The van der Waals surface area contributed by atoms with Crippen molar-refractivity contribution in [2.75, 3.05) is 5.73 Å². The van der Waals surface area contributed by atoms with Gasteiger partial charge in [0.05, 0.1) is 11.8 Å². The monoisotopic (exact) mass is 351 g/mol. The largest absolute Gasteiger partial charge is 0.399 e. The Morgan fingerprint density at radius 1 is 1.31 bits per heavy atom. The van der Waals surface area contributed by atoms with Crippen LogP contribution in [0.15, 0.2) is 65.3 Å². The third kappa shape index (κ3) is 4.13. The Hall–Kier alpha value is -2.62. The fourth-order valence-corrected chi connectivity index (χ4v) is 3.09. The Bertz CT molecular complexity index is 777. The normalized spacial score (nSPS) is 18.7. The molecule has 1 unspecified atom stereocenters. The summed E-state index contributed by atoms with van der Waals surface area (Å²) in [7, 11) is 0. The van der Waals surface area contributed by atoms with Gasteiger partial charge in [-0.2, -0.15) is 5.10 Å². The Morgan fingerprint density at radius 2 is 1.92 bits per heavy atom. The van der Waals surface area contributed by atoms with Crippen LogP contribution in [0.1, 0.15) is 46.6 Å². The lowest BCUT2D eigenvalue weighted by Crippen LogP contribution is -2.41. The van der Waals surface area contributed by atoms with Crippen LogP contribution in [0.3, 0.4) is 0 Å². The van der Waals surface area contributed by atoms with Gasteiger partial charge in [0.2, 0.25) is 5.91 Å². The molecule has 2 N–H and O–H groups in total. The van der Waals surface area contributed by atoms with Crippen molar-refractivity contribution in [1.82, 2.24) is 5.01 Å². The number of nitrogens with zero attached hydrogens (tertiary/aromatic N) is 2. The number of hydrogen-bond acceptors (Lipinski definition) is 3. The first-order valence-electron chi connectivity index (χ1n) is 8.92. The van der Waals surface area contributed by atoms with Gasteiger partial charge in [-0.25, -0.2) is 5.01 Å². The maximum Gasteiger partial charge on any atom is 0.248 e. The summed E-state index contributed by atoms with van der Waals surface area (Å²) in [5, 5.41) is 6.37. The highest BCUT2D eigenvalue weighted by atomic mass is 16.2. The second-order valence-electron chi connectivity index (χ2n) is 7.62. The Kier molecular flexibility index (Phi) is 5.86. The Labute approximate surface area is 156 Å². The number of carbonyl (C=O) groups is 1. The summed E-state index contributed by atoms with van der Waals surface area (Å²) >= 11 is 0. The first kappa shape index (κ1) is 19.7. The topological polar surface area (TPSA) is 58.7 Å². The number of nitrogens with two attached hydrogens (primary N) is 1. The summed E-state index contributed by atoms with van der Waals surface area (Å²) in [5.41, 5.74) is 10.1. The molecule has 1 aromatic rings. The number of benzene rings is 1. The van der Waals surface area contributed by atoms with Gasteiger partial charge in [-0.05, 0) is 42.7 Å². The molecule has 0 aliphatic carbocycles. The molecule has 1 amide bonds. The van der Waals surface area contributed by atoms with E-state index in [1.165, 1.54) is 0 Å². The quantitative estimate of drug-likeness (QED) is 0.631. The van der Waals surface area contributed by atoms with E-state index < -0.39 is 5.41 Å². The van der Waals surface area contributed by atoms with Gasteiger partial charge in [-0.1, -0.05) is 57.7 Å². The van der Waals surface area contributed by atoms with E-state index in [2.05, 4.69) is 12.7 Å². The zero-order valence-corrected chi connectivity index (χ0v) is 16.4. The van der Waals surface area contributed by atoms with Crippen molar-refractivity contribution in [2.45, 2.75) is 47.1 Å². The van der Waals surface area contributed by atoms with E-state index in [0.717, 1.165) is 22.4 Å². The van der Waals surface area contributed by atoms with Crippen LogP contribution in [0, 0.1) is 5.41 Å². The second kappa shape index (κ2) is 7.73. The van der Waals surface area contributed by atoms with Gasteiger partial charge < -0.3 is 5.73 Å². The summed E-state index contributed by atoms with van der Waals surface area (Å²) in [6, 6.07) is 7.52. The minimum absolute atomic E-state index is 0.0127. The first-order chi connectivity index (χ1) is 12.2. The van der Waals surface area contributed by atoms with E-state index >= 15 is 0 Å². The molecule has 26 heavy (non-hydrogen) atoms. The third-order valence-electron chi connectivity index (χ3n) is 4.50. The van der Waals surface area contributed by atoms with Gasteiger partial charge in [0, 0.05) is 17.5 Å². The van der Waals surface area contributed by atoms with Crippen LogP contribution >= 0.6 is 0 Å². The van der Waals surface area contributed by atoms with E-state index in [1.807, 2.05) is 65.0 Å². The zero-order chi connectivity index (χ0) is 19.5. The van der Waals surface area contributed by atoms with Crippen molar-refractivity contribution >= 4 is 17.3 Å². The summed E-state index contributed by atoms with van der Waals surface area (Å²) in [6.45, 7) is 13.6. The number of rotatable bonds is 4. The molecule has 138 valence electrons. The number of carbonyl (C=O) groups excluding carboxylic acids is 1. The van der Waals surface area contributed by atoms with E-state index in [-0.39, 0.29) is 11.9 Å². The Balaban J connectivity index is 2.47. The highest BCUT2D eigenvalue weighted by Crippen LogP contribution is 2.32. The highest BCUT2D eigenvalue weighted by molar-refractivity contribution is 6.04. The lowest BCUT2D eigenvalue weighted by Gasteiger charge is -2.30. The molecule has 1 atom stereocenters. The molecule has 2 rings (SSSR count). The minimum atomic E-state index is -0.507. The van der Waals surface area contributed by atoms with Gasteiger partial charge in [-0.3, -0.25) is 4.79 Å². The third-order valence-corrected chi connectivity index (χ3v) is 4.50. The highest BCUT2D eigenvalue weighted by Gasteiger charge is 2.38. The van der Waals surface area contributed by atoms with Gasteiger partial charge in [0.15, 0.2) is 0 Å². The molecule has 1 heterocycles. The maximum absolute atomic E-state index is 13.0. The molecular weight excluding hydrogens is 322 g/mol. The van der Waals surface area contributed by atoms with Crippen LogP contribution in [-0.2, 0) is 4.79 Å². The average Bonchev–Trinajstić information content (AvgIpc) is 2.99. The molecule has 1 aromatic carbocycles. The molecule has 0 bridgehead atoms. The predicted octanol–water partition coefficient (Wildman–Crippen LogP) is 4.70. The molecule has 0 spiro atoms. The molecule has 0 fully saturated rings. The predicted molar refractivity (Wildman–Crippen MR) is 110 cm³/mol. The molecule has 1 aliphatic heterocycles. The van der Waals surface area contributed by atoms with Crippen LogP contribution in [0.4, 0.5) is 5.69 Å². The van der Waals surface area contributed by atoms with E-state index in [1.54, 1.807) is 11.1 Å². The number of hydrazone groups is 1. The molecule has 4 nitrogen and oxygen atoms in total. The average molecular weight is 351 g/mol. The summed E-state index contributed by atoms with van der Waals surface area (Å²) in [6.07, 6.45) is 6.47. The van der Waals surface area contributed by atoms with E-state index in [4.69, 9.17) is 10.8 Å². The molecular formula is C22H29N3O. The standard InChI is InChI=1S/C22H29N3O/c1-7-9-15(3)18(8-2)20-14-19(16-10-12-17(23)13-11-16)24-25(20)21(26)22(4,5)6/h7-13,20H,1,14,23H2,2-6H3/b15-9-,18-8+. The fraction of sp³-hybridized carbons (Fsp3) is 0.364. The number of amides is 1. The number of hydrogen-bond donors (Lipinski definition) is 1. The molecule has 0 aromatic heterocycles. The lowest BCUT2D eigenvalue weighted by atomic mass is 9.90. The second-order valence-corrected chi connectivity index (χ2v) is 7.62. The van der Waals surface area contributed by atoms with Crippen molar-refractivity contribution in [3.05, 3.63) is 65.8 Å². The van der Waals surface area contributed by atoms with Gasteiger partial charge in [-0.15, -0.1) is 0 Å². The zero-order valence-electron chi connectivity index (χ0n) is 16.4. The van der Waals surface area contributed by atoms with Crippen molar-refractivity contribution < 1.29 is 4.79 Å². The number of allylic oxidation sites excluding steroid dienone is 3. The lowest BCUT2D eigenvalue weighted by molar-refractivity contribution is -0.140. The SMILES string of the molecule is C=C/C=C(C)\C(=C/C)C1CC(c2ccc(N)cc2)=NN1C(=O)C(C)(C)C. The molecule has 0 saturated carbocycles. The van der Waals surface area contributed by atoms with Gasteiger partial charge in [0.25, 0.3) is 0 Å². The fourth-order valence-electron chi connectivity index (χ4n) is 3.09. The Morgan fingerprint density at radius 3 is 2.42 bits per heavy atom.